The SMILES string of the molecule is C=c1/c(=C\C=C(/C)C2=CC=C(N(C3=CC[C@H](c4ccccc4)C=C3)c3ccc4c(c3)C(c3ccccc3)(c3ccccc3)C3C=CC=CC43)CC2)oc2ccccc12. The molecule has 0 spiro atoms. The van der Waals surface area contributed by atoms with E-state index >= 15 is 0 Å². The third kappa shape index (κ3) is 6.12. The predicted molar refractivity (Wildman–Crippen MR) is 242 cm³/mol. The van der Waals surface area contributed by atoms with Gasteiger partial charge in [-0.05, 0) is 102 Å². The Morgan fingerprint density at radius 3 is 2.16 bits per heavy atom. The Hall–Kier alpha value is -6.64. The quantitative estimate of drug-likeness (QED) is 0.154. The van der Waals surface area contributed by atoms with Gasteiger partial charge in [0, 0.05) is 45.4 Å². The van der Waals surface area contributed by atoms with Crippen LogP contribution >= 0.6 is 0 Å². The molecule has 3 atom stereocenters. The Morgan fingerprint density at radius 1 is 0.759 bits per heavy atom. The largest absolute Gasteiger partial charge is 0.456 e. The number of fused-ring (bicyclic) bond motifs is 4. The van der Waals surface area contributed by atoms with Gasteiger partial charge >= 0.3 is 0 Å². The summed E-state index contributed by atoms with van der Waals surface area (Å²) >= 11 is 0. The lowest BCUT2D eigenvalue weighted by molar-refractivity contribution is 0.457. The number of allylic oxidation sites excluding steroid dienone is 13. The van der Waals surface area contributed by atoms with Gasteiger partial charge in [0.15, 0.2) is 0 Å². The molecule has 0 saturated carbocycles. The Balaban J connectivity index is 1.09. The molecule has 4 aliphatic rings. The molecule has 2 nitrogen and oxygen atoms in total. The van der Waals surface area contributed by atoms with E-state index in [0.717, 1.165) is 40.9 Å². The van der Waals surface area contributed by atoms with Crippen molar-refractivity contribution in [2.45, 2.75) is 43.4 Å². The molecule has 58 heavy (non-hydrogen) atoms. The molecule has 0 aliphatic heterocycles. The smallest absolute Gasteiger partial charge is 0.135 e. The van der Waals surface area contributed by atoms with Crippen molar-refractivity contribution in [3.63, 3.8) is 0 Å². The molecule has 282 valence electrons. The molecule has 10 rings (SSSR count). The second-order valence-corrected chi connectivity index (χ2v) is 16.0. The van der Waals surface area contributed by atoms with E-state index in [1.165, 1.54) is 56.0 Å². The first-order valence-electron chi connectivity index (χ1n) is 20.7. The summed E-state index contributed by atoms with van der Waals surface area (Å²) in [6.07, 6.45) is 28.3. The van der Waals surface area contributed by atoms with Gasteiger partial charge in [-0.3, -0.25) is 0 Å². The molecule has 0 radical (unpaired) electrons. The van der Waals surface area contributed by atoms with E-state index in [1.807, 2.05) is 18.2 Å². The van der Waals surface area contributed by atoms with Crippen molar-refractivity contribution in [2.24, 2.45) is 5.92 Å². The molecule has 4 aliphatic carbocycles. The van der Waals surface area contributed by atoms with Gasteiger partial charge in [0.05, 0.1) is 5.41 Å². The van der Waals surface area contributed by atoms with Gasteiger partial charge in [-0.2, -0.15) is 0 Å². The summed E-state index contributed by atoms with van der Waals surface area (Å²) < 4.78 is 6.15. The standard InChI is InChI=1S/C56H47NO/c1-39(26-37-54-40(2)49-22-13-15-25-55(49)58-54)41-27-31-46(32-28-41)57(47-33-29-43(30-34-47)42-16-6-3-7-17-42)48-35-36-51-50-23-12-14-24-52(50)56(53(51)38-48,44-18-8-4-9-19-44)45-20-10-5-11-21-45/h3-27,29,31,33-38,43,50,52H,2,28,30,32H2,1H3/b39-26+,54-37+/t43-,50?,52?/m1/s1. The third-order valence-electron chi connectivity index (χ3n) is 12.9. The minimum Gasteiger partial charge on any atom is -0.456 e. The van der Waals surface area contributed by atoms with Crippen LogP contribution in [0.3, 0.4) is 0 Å². The predicted octanol–water partition coefficient (Wildman–Crippen LogP) is 12.5. The van der Waals surface area contributed by atoms with Gasteiger partial charge in [0.25, 0.3) is 0 Å². The summed E-state index contributed by atoms with van der Waals surface area (Å²) in [5.74, 6) is 0.902. The molecule has 1 heterocycles. The fourth-order valence-electron chi connectivity index (χ4n) is 9.98. The van der Waals surface area contributed by atoms with Gasteiger partial charge in [0.2, 0.25) is 0 Å². The minimum atomic E-state index is -0.346. The number of hydrogen-bond acceptors (Lipinski definition) is 2. The van der Waals surface area contributed by atoms with Crippen LogP contribution in [0.25, 0.3) is 23.6 Å². The molecule has 1 aromatic heterocycles. The van der Waals surface area contributed by atoms with Crippen LogP contribution in [0, 0.1) is 5.92 Å². The number of anilines is 1. The first-order valence-corrected chi connectivity index (χ1v) is 20.7. The van der Waals surface area contributed by atoms with Crippen molar-refractivity contribution < 1.29 is 4.42 Å². The summed E-state index contributed by atoms with van der Waals surface area (Å²) in [4.78, 5) is 2.54. The molecule has 6 aromatic rings. The minimum absolute atomic E-state index is 0.256. The van der Waals surface area contributed by atoms with Gasteiger partial charge in [0.1, 0.15) is 11.0 Å². The number of hydrogen-bond donors (Lipinski definition) is 0. The van der Waals surface area contributed by atoms with Crippen molar-refractivity contribution in [3.05, 3.63) is 255 Å². The second kappa shape index (κ2) is 15.0. The van der Waals surface area contributed by atoms with Gasteiger partial charge in [-0.15, -0.1) is 0 Å². The number of nitrogens with zero attached hydrogens (tertiary/aromatic N) is 1. The van der Waals surface area contributed by atoms with E-state index in [9.17, 15) is 0 Å². The van der Waals surface area contributed by atoms with Crippen LogP contribution in [0.1, 0.15) is 65.8 Å². The first-order chi connectivity index (χ1) is 28.6. The highest BCUT2D eigenvalue weighted by Crippen LogP contribution is 2.60. The fourth-order valence-corrected chi connectivity index (χ4v) is 9.98. The highest BCUT2D eigenvalue weighted by atomic mass is 16.3. The highest BCUT2D eigenvalue weighted by Gasteiger charge is 2.53. The molecule has 0 bridgehead atoms. The van der Waals surface area contributed by atoms with E-state index in [4.69, 9.17) is 4.42 Å². The number of para-hydroxylation sites is 1. The summed E-state index contributed by atoms with van der Waals surface area (Å²) in [6, 6.07) is 48.7. The third-order valence-corrected chi connectivity index (χ3v) is 12.9. The van der Waals surface area contributed by atoms with Crippen LogP contribution < -0.4 is 15.5 Å². The molecule has 0 saturated heterocycles. The van der Waals surface area contributed by atoms with Crippen molar-refractivity contribution in [1.82, 2.24) is 0 Å². The van der Waals surface area contributed by atoms with E-state index in [-0.39, 0.29) is 17.3 Å². The first kappa shape index (κ1) is 35.8. The second-order valence-electron chi connectivity index (χ2n) is 16.0. The van der Waals surface area contributed by atoms with Crippen molar-refractivity contribution in [2.75, 3.05) is 4.90 Å². The van der Waals surface area contributed by atoms with Crippen LogP contribution in [0.5, 0.6) is 0 Å². The Morgan fingerprint density at radius 2 is 1.47 bits per heavy atom. The molecule has 2 heteroatoms. The van der Waals surface area contributed by atoms with Crippen molar-refractivity contribution >= 4 is 29.3 Å². The van der Waals surface area contributed by atoms with Crippen molar-refractivity contribution in [3.8, 4) is 0 Å². The number of rotatable bonds is 8. The molecule has 0 amide bonds. The van der Waals surface area contributed by atoms with Gasteiger partial charge in [-0.1, -0.05) is 170 Å². The molecule has 0 N–H and O–H groups in total. The fraction of sp³-hybridized carbons (Fsp3) is 0.143. The average molecular weight is 750 g/mol. The molecule has 5 aromatic carbocycles. The lowest BCUT2D eigenvalue weighted by Crippen LogP contribution is -2.35. The number of furan rings is 1. The van der Waals surface area contributed by atoms with Gasteiger partial charge in [-0.25, -0.2) is 0 Å². The summed E-state index contributed by atoms with van der Waals surface area (Å²) in [5, 5.41) is 2.00. The zero-order valence-electron chi connectivity index (χ0n) is 33.0. The van der Waals surface area contributed by atoms with Crippen LogP contribution in [0.4, 0.5) is 5.69 Å². The van der Waals surface area contributed by atoms with Crippen LogP contribution in [-0.4, -0.2) is 0 Å². The zero-order valence-corrected chi connectivity index (χ0v) is 33.0. The van der Waals surface area contributed by atoms with E-state index in [1.54, 1.807) is 0 Å². The monoisotopic (exact) mass is 749 g/mol. The van der Waals surface area contributed by atoms with Crippen LogP contribution in [-0.2, 0) is 5.41 Å². The lowest BCUT2D eigenvalue weighted by atomic mass is 9.63. The molecular weight excluding hydrogens is 703 g/mol. The van der Waals surface area contributed by atoms with Crippen molar-refractivity contribution in [1.29, 1.82) is 0 Å². The Bertz CT molecular complexity index is 2800. The molecular formula is C56H47NO. The molecule has 2 unspecified atom stereocenters. The summed E-state index contributed by atoms with van der Waals surface area (Å²) in [7, 11) is 0. The Labute approximate surface area is 341 Å². The maximum absolute atomic E-state index is 6.15. The van der Waals surface area contributed by atoms with Crippen LogP contribution in [0.2, 0.25) is 0 Å². The summed E-state index contributed by atoms with van der Waals surface area (Å²) in [6.45, 7) is 6.51. The number of benzene rings is 5. The zero-order chi connectivity index (χ0) is 39.1. The van der Waals surface area contributed by atoms with E-state index < -0.39 is 0 Å². The highest BCUT2D eigenvalue weighted by molar-refractivity contribution is 5.78. The normalized spacial score (nSPS) is 21.0. The lowest BCUT2D eigenvalue weighted by Gasteiger charge is -2.39. The van der Waals surface area contributed by atoms with Gasteiger partial charge < -0.3 is 9.32 Å². The van der Waals surface area contributed by atoms with E-state index in [2.05, 4.69) is 200 Å². The maximum Gasteiger partial charge on any atom is 0.135 e. The maximum atomic E-state index is 6.15. The topological polar surface area (TPSA) is 16.4 Å². The average Bonchev–Trinajstić information content (AvgIpc) is 3.78. The van der Waals surface area contributed by atoms with E-state index in [0.29, 0.717) is 5.92 Å². The molecule has 0 fully saturated rings. The summed E-state index contributed by atoms with van der Waals surface area (Å²) in [5.41, 5.74) is 14.5. The Kier molecular flexibility index (Phi) is 9.26. The van der Waals surface area contributed by atoms with Crippen LogP contribution in [0.15, 0.2) is 221 Å².